The van der Waals surface area contributed by atoms with E-state index in [1.54, 1.807) is 16.3 Å². The molecule has 1 aromatic heterocycles. The standard InChI is InChI=1S/C30H40NSi/c1-21-28(23-12-8-9-13-23)19-25(22-10-6-7-11-22)20-29(21)30-27-15-14-26(32(3,4)5)18-24(27)16-17-31(30)2/h14-20,22-23H,6-13H2,1-5H3/q+1. The number of aryl methyl sites for hydroxylation is 1. The molecule has 0 N–H and O–H groups in total. The Kier molecular flexibility index (Phi) is 5.78. The van der Waals surface area contributed by atoms with Gasteiger partial charge in [0, 0.05) is 6.07 Å². The molecule has 1 heterocycles. The van der Waals surface area contributed by atoms with Crippen LogP contribution >= 0.6 is 0 Å². The molecule has 3 aromatic rings. The molecule has 2 aliphatic rings. The van der Waals surface area contributed by atoms with Crippen LogP contribution in [0.5, 0.6) is 0 Å². The third-order valence-electron chi connectivity index (χ3n) is 8.35. The molecule has 0 unspecified atom stereocenters. The second-order valence-electron chi connectivity index (χ2n) is 11.6. The van der Waals surface area contributed by atoms with E-state index in [4.69, 9.17) is 0 Å². The summed E-state index contributed by atoms with van der Waals surface area (Å²) in [7, 11) is 0.902. The van der Waals surface area contributed by atoms with E-state index in [2.05, 4.69) is 80.8 Å². The average molecular weight is 443 g/mol. The summed E-state index contributed by atoms with van der Waals surface area (Å²) >= 11 is 0. The van der Waals surface area contributed by atoms with Crippen LogP contribution in [0.1, 0.15) is 79.9 Å². The van der Waals surface area contributed by atoms with Gasteiger partial charge in [0.2, 0.25) is 5.69 Å². The monoisotopic (exact) mass is 442 g/mol. The van der Waals surface area contributed by atoms with Gasteiger partial charge >= 0.3 is 0 Å². The van der Waals surface area contributed by atoms with Gasteiger partial charge in [-0.25, -0.2) is 4.57 Å². The fourth-order valence-corrected chi connectivity index (χ4v) is 7.51. The fraction of sp³-hybridized carbons (Fsp3) is 0.500. The topological polar surface area (TPSA) is 3.88 Å². The Morgan fingerprint density at radius 1 is 0.812 bits per heavy atom. The second kappa shape index (κ2) is 8.45. The number of benzene rings is 2. The third kappa shape index (κ3) is 3.96. The first kappa shape index (κ1) is 21.9. The van der Waals surface area contributed by atoms with Gasteiger partial charge in [-0.05, 0) is 78.7 Å². The van der Waals surface area contributed by atoms with Gasteiger partial charge < -0.3 is 0 Å². The number of aromatic nitrogens is 1. The van der Waals surface area contributed by atoms with E-state index >= 15 is 0 Å². The smallest absolute Gasteiger partial charge is 0.200 e. The van der Waals surface area contributed by atoms with Crippen molar-refractivity contribution >= 4 is 24.0 Å². The maximum atomic E-state index is 2.62. The molecule has 0 atom stereocenters. The van der Waals surface area contributed by atoms with E-state index in [1.807, 2.05) is 0 Å². The van der Waals surface area contributed by atoms with Crippen LogP contribution in [0, 0.1) is 6.92 Å². The predicted molar refractivity (Wildman–Crippen MR) is 141 cm³/mol. The van der Waals surface area contributed by atoms with E-state index in [0.29, 0.717) is 0 Å². The van der Waals surface area contributed by atoms with Gasteiger partial charge in [0.1, 0.15) is 7.05 Å². The summed E-state index contributed by atoms with van der Waals surface area (Å²) in [6, 6.07) is 14.8. The van der Waals surface area contributed by atoms with Gasteiger partial charge in [0.05, 0.1) is 19.0 Å². The highest BCUT2D eigenvalue weighted by atomic mass is 28.3. The fourth-order valence-electron chi connectivity index (χ4n) is 6.34. The van der Waals surface area contributed by atoms with Crippen LogP contribution in [0.4, 0.5) is 0 Å². The Morgan fingerprint density at radius 3 is 2.12 bits per heavy atom. The van der Waals surface area contributed by atoms with Gasteiger partial charge in [-0.3, -0.25) is 0 Å². The van der Waals surface area contributed by atoms with Crippen LogP contribution < -0.4 is 9.75 Å². The summed E-state index contributed by atoms with van der Waals surface area (Å²) in [4.78, 5) is 0. The molecule has 0 amide bonds. The van der Waals surface area contributed by atoms with Crippen LogP contribution in [0.25, 0.3) is 22.0 Å². The maximum absolute atomic E-state index is 2.62. The van der Waals surface area contributed by atoms with Crippen molar-refractivity contribution in [3.63, 3.8) is 0 Å². The van der Waals surface area contributed by atoms with E-state index in [1.165, 1.54) is 79.0 Å². The van der Waals surface area contributed by atoms with Gasteiger partial charge in [0.15, 0.2) is 6.20 Å². The zero-order chi connectivity index (χ0) is 22.5. The highest BCUT2D eigenvalue weighted by Gasteiger charge is 2.28. The van der Waals surface area contributed by atoms with E-state index in [9.17, 15) is 0 Å². The molecule has 5 rings (SSSR count). The molecular formula is C30H40NSi+. The number of nitrogens with zero attached hydrogens (tertiary/aromatic N) is 1. The molecule has 0 saturated heterocycles. The summed E-state index contributed by atoms with van der Waals surface area (Å²) in [5.74, 6) is 1.52. The number of hydrogen-bond acceptors (Lipinski definition) is 0. The van der Waals surface area contributed by atoms with Crippen molar-refractivity contribution in [1.82, 2.24) is 0 Å². The number of pyridine rings is 1. The molecule has 0 aliphatic heterocycles. The number of fused-ring (bicyclic) bond motifs is 1. The average Bonchev–Trinajstić information content (AvgIpc) is 3.48. The van der Waals surface area contributed by atoms with Gasteiger partial charge in [-0.15, -0.1) is 0 Å². The van der Waals surface area contributed by atoms with Crippen molar-refractivity contribution in [2.75, 3.05) is 0 Å². The van der Waals surface area contributed by atoms with Crippen molar-refractivity contribution in [2.45, 2.75) is 89.8 Å². The molecule has 2 aromatic carbocycles. The Labute approximate surface area is 195 Å². The van der Waals surface area contributed by atoms with Crippen molar-refractivity contribution in [3.05, 3.63) is 59.3 Å². The Bertz CT molecular complexity index is 1140. The van der Waals surface area contributed by atoms with E-state index in [-0.39, 0.29) is 0 Å². The number of hydrogen-bond donors (Lipinski definition) is 0. The largest absolute Gasteiger partial charge is 0.220 e. The normalized spacial score (nSPS) is 18.2. The molecule has 2 saturated carbocycles. The minimum atomic E-state index is -1.33. The summed E-state index contributed by atoms with van der Waals surface area (Å²) in [5.41, 5.74) is 7.67. The van der Waals surface area contributed by atoms with Gasteiger partial charge in [-0.2, -0.15) is 0 Å². The van der Waals surface area contributed by atoms with Crippen molar-refractivity contribution in [1.29, 1.82) is 0 Å². The lowest BCUT2D eigenvalue weighted by Gasteiger charge is -2.21. The molecule has 2 heteroatoms. The molecular weight excluding hydrogens is 402 g/mol. The first-order valence-electron chi connectivity index (χ1n) is 12.9. The SMILES string of the molecule is Cc1c(-c2c3ccc([Si](C)(C)C)cc3cc[n+]2C)cc(C2CCCC2)cc1C1CCCC1. The lowest BCUT2D eigenvalue weighted by Crippen LogP contribution is -2.37. The first-order valence-corrected chi connectivity index (χ1v) is 16.4. The molecule has 0 spiro atoms. The van der Waals surface area contributed by atoms with Crippen LogP contribution in [-0.2, 0) is 7.05 Å². The molecule has 0 radical (unpaired) electrons. The summed E-state index contributed by atoms with van der Waals surface area (Å²) in [5, 5.41) is 4.35. The van der Waals surface area contributed by atoms with Crippen LogP contribution in [0.2, 0.25) is 19.6 Å². The lowest BCUT2D eigenvalue weighted by molar-refractivity contribution is -0.659. The van der Waals surface area contributed by atoms with Crippen molar-refractivity contribution < 1.29 is 4.57 Å². The quantitative estimate of drug-likeness (QED) is 0.291. The molecule has 2 fully saturated rings. The zero-order valence-electron chi connectivity index (χ0n) is 20.8. The molecule has 1 nitrogen and oxygen atoms in total. The van der Waals surface area contributed by atoms with Crippen LogP contribution in [-0.4, -0.2) is 8.07 Å². The third-order valence-corrected chi connectivity index (χ3v) is 10.4. The van der Waals surface area contributed by atoms with E-state index in [0.717, 1.165) is 11.8 Å². The minimum Gasteiger partial charge on any atom is -0.200 e. The van der Waals surface area contributed by atoms with Gasteiger partial charge in [-0.1, -0.05) is 68.7 Å². The highest BCUT2D eigenvalue weighted by molar-refractivity contribution is 6.88. The molecule has 168 valence electrons. The molecule has 0 bridgehead atoms. The number of rotatable bonds is 4. The van der Waals surface area contributed by atoms with E-state index < -0.39 is 8.07 Å². The van der Waals surface area contributed by atoms with Gasteiger partial charge in [0.25, 0.3) is 0 Å². The molecule has 32 heavy (non-hydrogen) atoms. The highest BCUT2D eigenvalue weighted by Crippen LogP contribution is 2.43. The van der Waals surface area contributed by atoms with Crippen molar-refractivity contribution in [2.24, 2.45) is 7.05 Å². The van der Waals surface area contributed by atoms with Crippen LogP contribution in [0.15, 0.2) is 42.6 Å². The Balaban J connectivity index is 1.73. The van der Waals surface area contributed by atoms with Crippen molar-refractivity contribution in [3.8, 4) is 11.3 Å². The first-order chi connectivity index (χ1) is 15.3. The lowest BCUT2D eigenvalue weighted by atomic mass is 9.84. The summed E-state index contributed by atoms with van der Waals surface area (Å²) < 4.78 is 2.37. The molecule has 2 aliphatic carbocycles. The second-order valence-corrected chi connectivity index (χ2v) is 16.7. The summed E-state index contributed by atoms with van der Waals surface area (Å²) in [6.45, 7) is 9.74. The Hall–Kier alpha value is -1.93. The Morgan fingerprint density at radius 2 is 1.47 bits per heavy atom. The minimum absolute atomic E-state index is 0.758. The maximum Gasteiger partial charge on any atom is 0.220 e. The summed E-state index contributed by atoms with van der Waals surface area (Å²) in [6.07, 6.45) is 13.3. The zero-order valence-corrected chi connectivity index (χ0v) is 21.8. The van der Waals surface area contributed by atoms with Crippen LogP contribution in [0.3, 0.4) is 0 Å². The predicted octanol–water partition coefficient (Wildman–Crippen LogP) is 7.50.